The second kappa shape index (κ2) is 6.07. The van der Waals surface area contributed by atoms with E-state index in [1.165, 1.54) is 6.07 Å². The summed E-state index contributed by atoms with van der Waals surface area (Å²) in [5, 5.41) is 3.55. The van der Waals surface area contributed by atoms with Crippen LogP contribution in [0.25, 0.3) is 0 Å². The third-order valence-corrected chi connectivity index (χ3v) is 6.19. The van der Waals surface area contributed by atoms with E-state index in [0.717, 1.165) is 18.4 Å². The van der Waals surface area contributed by atoms with Crippen LogP contribution in [0, 0.1) is 0 Å². The molecule has 7 heteroatoms. The first-order valence-corrected chi connectivity index (χ1v) is 10.1. The smallest absolute Gasteiger partial charge is 0.311 e. The quantitative estimate of drug-likeness (QED) is 0.632. The van der Waals surface area contributed by atoms with Crippen molar-refractivity contribution >= 4 is 16.0 Å². The van der Waals surface area contributed by atoms with Crippen LogP contribution in [-0.4, -0.2) is 31.5 Å². The van der Waals surface area contributed by atoms with Gasteiger partial charge in [-0.15, -0.1) is 0 Å². The van der Waals surface area contributed by atoms with Crippen LogP contribution in [0.4, 0.5) is 0 Å². The summed E-state index contributed by atoms with van der Waals surface area (Å²) < 4.78 is 33.7. The number of hydrogen-bond donors (Lipinski definition) is 2. The number of carbonyl (C=O) groups excluding carboxylic acids is 1. The summed E-state index contributed by atoms with van der Waals surface area (Å²) in [6, 6.07) is 4.54. The van der Waals surface area contributed by atoms with E-state index in [1.807, 2.05) is 0 Å². The minimum Gasteiger partial charge on any atom is -0.426 e. The number of esters is 1. The first-order valence-electron chi connectivity index (χ1n) is 8.61. The highest BCUT2D eigenvalue weighted by Gasteiger charge is 2.39. The van der Waals surface area contributed by atoms with E-state index in [4.69, 9.17) is 4.74 Å². The molecule has 25 heavy (non-hydrogen) atoms. The molecule has 0 aliphatic carbocycles. The summed E-state index contributed by atoms with van der Waals surface area (Å²) in [6.45, 7) is 8.34. The molecule has 0 amide bonds. The average Bonchev–Trinajstić information content (AvgIpc) is 2.42. The van der Waals surface area contributed by atoms with E-state index in [1.54, 1.807) is 12.1 Å². The molecule has 2 aliphatic rings. The molecule has 0 unspecified atom stereocenters. The van der Waals surface area contributed by atoms with E-state index < -0.39 is 10.0 Å². The summed E-state index contributed by atoms with van der Waals surface area (Å²) in [4.78, 5) is 11.6. The van der Waals surface area contributed by atoms with Crippen LogP contribution < -0.4 is 14.8 Å². The zero-order valence-electron chi connectivity index (χ0n) is 15.2. The Hall–Kier alpha value is -1.44. The zero-order chi connectivity index (χ0) is 18.5. The lowest BCUT2D eigenvalue weighted by Gasteiger charge is -2.46. The van der Waals surface area contributed by atoms with Gasteiger partial charge >= 0.3 is 5.97 Å². The largest absolute Gasteiger partial charge is 0.426 e. The molecule has 0 bridgehead atoms. The van der Waals surface area contributed by atoms with Gasteiger partial charge in [0.05, 0.1) is 11.3 Å². The van der Waals surface area contributed by atoms with Gasteiger partial charge in [-0.1, -0.05) is 0 Å². The fourth-order valence-electron chi connectivity index (χ4n) is 4.12. The first-order chi connectivity index (χ1) is 11.5. The second-order valence-electron chi connectivity index (χ2n) is 8.36. The van der Waals surface area contributed by atoms with Crippen molar-refractivity contribution in [2.24, 2.45) is 0 Å². The maximum Gasteiger partial charge on any atom is 0.311 e. The summed E-state index contributed by atoms with van der Waals surface area (Å²) in [5.74, 6) is 0.180. The molecule has 1 aromatic rings. The topological polar surface area (TPSA) is 84.5 Å². The lowest BCUT2D eigenvalue weighted by Crippen LogP contribution is -2.62. The summed E-state index contributed by atoms with van der Waals surface area (Å²) in [6.07, 6.45) is 2.22. The molecule has 0 radical (unpaired) electrons. The molecule has 2 heterocycles. The van der Waals surface area contributed by atoms with Gasteiger partial charge in [-0.2, -0.15) is 0 Å². The Bertz CT molecular complexity index is 783. The highest BCUT2D eigenvalue weighted by molar-refractivity contribution is 7.89. The molecule has 6 nitrogen and oxygen atoms in total. The Morgan fingerprint density at radius 1 is 1.12 bits per heavy atom. The fraction of sp³-hybridized carbons (Fsp3) is 0.611. The number of benzene rings is 1. The van der Waals surface area contributed by atoms with Gasteiger partial charge < -0.3 is 10.1 Å². The standard InChI is InChI=1S/C18H26N2O4S/c1-17(2)10-13(11-18(3,4)20-17)19-25(22,23)14-6-7-15-12(9-14)5-8-16(21)24-15/h6-7,9,13,19-20H,5,8,10-11H2,1-4H3. The van der Waals surface area contributed by atoms with Gasteiger partial charge in [-0.25, -0.2) is 13.1 Å². The number of aryl methyl sites for hydroxylation is 1. The van der Waals surface area contributed by atoms with Gasteiger partial charge in [-0.3, -0.25) is 4.79 Å². The van der Waals surface area contributed by atoms with Crippen LogP contribution in [0.3, 0.4) is 0 Å². The van der Waals surface area contributed by atoms with Crippen LogP contribution in [0.2, 0.25) is 0 Å². The zero-order valence-corrected chi connectivity index (χ0v) is 16.0. The van der Waals surface area contributed by atoms with Gasteiger partial charge in [-0.05, 0) is 70.7 Å². The number of fused-ring (bicyclic) bond motifs is 1. The Morgan fingerprint density at radius 2 is 1.76 bits per heavy atom. The normalized spacial score (nSPS) is 23.0. The summed E-state index contributed by atoms with van der Waals surface area (Å²) in [7, 11) is -3.63. The SMILES string of the molecule is CC1(C)CC(NS(=O)(=O)c2ccc3c(c2)CCC(=O)O3)CC(C)(C)N1. The number of ether oxygens (including phenoxy) is 1. The predicted molar refractivity (Wildman–Crippen MR) is 95.0 cm³/mol. The van der Waals surface area contributed by atoms with Crippen LogP contribution in [0.1, 0.15) is 52.5 Å². The Balaban J connectivity index is 1.81. The molecule has 138 valence electrons. The van der Waals surface area contributed by atoms with Gasteiger partial charge in [0, 0.05) is 17.1 Å². The van der Waals surface area contributed by atoms with Gasteiger partial charge in [0.1, 0.15) is 5.75 Å². The Kier molecular flexibility index (Phi) is 4.46. The van der Waals surface area contributed by atoms with Crippen LogP contribution in [0.5, 0.6) is 5.75 Å². The highest BCUT2D eigenvalue weighted by Crippen LogP contribution is 2.31. The molecule has 0 aromatic heterocycles. The molecule has 1 aromatic carbocycles. The molecular formula is C18H26N2O4S. The minimum atomic E-state index is -3.63. The molecule has 0 spiro atoms. The van der Waals surface area contributed by atoms with Crippen molar-refractivity contribution in [3.63, 3.8) is 0 Å². The molecule has 0 atom stereocenters. The van der Waals surface area contributed by atoms with Crippen LogP contribution in [-0.2, 0) is 21.2 Å². The number of rotatable bonds is 3. The third-order valence-electron chi connectivity index (χ3n) is 4.68. The van der Waals surface area contributed by atoms with Crippen molar-refractivity contribution < 1.29 is 17.9 Å². The van der Waals surface area contributed by atoms with Gasteiger partial charge in [0.15, 0.2) is 0 Å². The lowest BCUT2D eigenvalue weighted by atomic mass is 9.80. The van der Waals surface area contributed by atoms with E-state index in [9.17, 15) is 13.2 Å². The maximum absolute atomic E-state index is 12.8. The molecule has 2 N–H and O–H groups in total. The molecule has 2 aliphatic heterocycles. The van der Waals surface area contributed by atoms with Gasteiger partial charge in [0.2, 0.25) is 10.0 Å². The maximum atomic E-state index is 12.8. The molecular weight excluding hydrogens is 340 g/mol. The van der Waals surface area contributed by atoms with Crippen molar-refractivity contribution in [2.75, 3.05) is 0 Å². The van der Waals surface area contributed by atoms with Crippen molar-refractivity contribution in [1.82, 2.24) is 10.0 Å². The molecule has 1 fully saturated rings. The predicted octanol–water partition coefficient (Wildman–Crippen LogP) is 2.13. The fourth-order valence-corrected chi connectivity index (χ4v) is 5.41. The van der Waals surface area contributed by atoms with Crippen molar-refractivity contribution in [2.45, 2.75) is 75.4 Å². The van der Waals surface area contributed by atoms with Crippen molar-refractivity contribution in [1.29, 1.82) is 0 Å². The van der Waals surface area contributed by atoms with Crippen molar-refractivity contribution in [3.05, 3.63) is 23.8 Å². The molecule has 1 saturated heterocycles. The Morgan fingerprint density at radius 3 is 2.40 bits per heavy atom. The van der Waals surface area contributed by atoms with E-state index in [-0.39, 0.29) is 34.4 Å². The molecule has 3 rings (SSSR count). The minimum absolute atomic E-state index is 0.134. The highest BCUT2D eigenvalue weighted by atomic mass is 32.2. The summed E-state index contributed by atoms with van der Waals surface area (Å²) in [5.41, 5.74) is 0.478. The summed E-state index contributed by atoms with van der Waals surface area (Å²) >= 11 is 0. The van der Waals surface area contributed by atoms with E-state index >= 15 is 0 Å². The first kappa shape index (κ1) is 18.4. The average molecular weight is 366 g/mol. The third kappa shape index (κ3) is 4.22. The second-order valence-corrected chi connectivity index (χ2v) is 10.1. The lowest BCUT2D eigenvalue weighted by molar-refractivity contribution is -0.135. The Labute approximate surface area is 149 Å². The van der Waals surface area contributed by atoms with Crippen molar-refractivity contribution in [3.8, 4) is 5.75 Å². The van der Waals surface area contributed by atoms with Gasteiger partial charge in [0.25, 0.3) is 0 Å². The van der Waals surface area contributed by atoms with E-state index in [2.05, 4.69) is 37.7 Å². The number of piperidine rings is 1. The van der Waals surface area contributed by atoms with Crippen LogP contribution >= 0.6 is 0 Å². The number of carbonyl (C=O) groups is 1. The number of sulfonamides is 1. The van der Waals surface area contributed by atoms with E-state index in [0.29, 0.717) is 12.2 Å². The van der Waals surface area contributed by atoms with Crippen LogP contribution in [0.15, 0.2) is 23.1 Å². The number of nitrogens with one attached hydrogen (secondary N) is 2. The monoisotopic (exact) mass is 366 g/mol. The molecule has 0 saturated carbocycles. The number of hydrogen-bond acceptors (Lipinski definition) is 5.